The Morgan fingerprint density at radius 2 is 1.70 bits per heavy atom. The van der Waals surface area contributed by atoms with Crippen molar-refractivity contribution < 1.29 is 27.5 Å². The van der Waals surface area contributed by atoms with Crippen LogP contribution in [0.25, 0.3) is 0 Å². The van der Waals surface area contributed by atoms with Gasteiger partial charge in [-0.15, -0.1) is 0 Å². The van der Waals surface area contributed by atoms with Crippen LogP contribution in [0.4, 0.5) is 23.7 Å². The highest BCUT2D eigenvalue weighted by Gasteiger charge is 2.29. The van der Waals surface area contributed by atoms with Crippen molar-refractivity contribution in [3.63, 3.8) is 0 Å². The molecular formula is C19H19F3N2O3. The largest absolute Gasteiger partial charge is 0.461 e. The van der Waals surface area contributed by atoms with Crippen molar-refractivity contribution in [1.82, 2.24) is 4.90 Å². The zero-order valence-corrected chi connectivity index (χ0v) is 14.8. The average molecular weight is 380 g/mol. The highest BCUT2D eigenvalue weighted by Crippen LogP contribution is 2.29. The van der Waals surface area contributed by atoms with E-state index in [1.54, 1.807) is 38.4 Å². The second-order valence-electron chi connectivity index (χ2n) is 6.06. The van der Waals surface area contributed by atoms with Gasteiger partial charge in [0.05, 0.1) is 12.0 Å². The molecule has 0 heterocycles. The minimum atomic E-state index is -4.40. The number of urea groups is 1. The second-order valence-corrected chi connectivity index (χ2v) is 6.06. The highest BCUT2D eigenvalue weighted by atomic mass is 19.4. The molecule has 0 aliphatic rings. The third-order valence-electron chi connectivity index (χ3n) is 3.61. The Labute approximate surface area is 154 Å². The number of rotatable bonds is 5. The molecule has 0 unspecified atom stereocenters. The molecule has 2 aromatic rings. The minimum Gasteiger partial charge on any atom is -0.461 e. The molecule has 0 aromatic heterocycles. The van der Waals surface area contributed by atoms with Gasteiger partial charge in [-0.3, -0.25) is 4.79 Å². The predicted octanol–water partition coefficient (Wildman–Crippen LogP) is 4.08. The summed E-state index contributed by atoms with van der Waals surface area (Å²) in [5.41, 5.74) is 0.892. The molecule has 8 heteroatoms. The summed E-state index contributed by atoms with van der Waals surface area (Å²) in [6, 6.07) is 10.9. The van der Waals surface area contributed by atoms with Crippen molar-refractivity contribution in [1.29, 1.82) is 0 Å². The SMILES string of the molecule is CN(C)C(=O)Nc1cccc(CC(=O)OCc2ccc(C(F)(F)F)cc2)c1. The first-order valence-electron chi connectivity index (χ1n) is 8.04. The number of halogens is 3. The van der Waals surface area contributed by atoms with Crippen LogP contribution in [-0.4, -0.2) is 31.0 Å². The Hall–Kier alpha value is -3.03. The Morgan fingerprint density at radius 1 is 1.04 bits per heavy atom. The normalized spacial score (nSPS) is 11.0. The average Bonchev–Trinajstić information content (AvgIpc) is 2.60. The zero-order valence-electron chi connectivity index (χ0n) is 14.8. The molecule has 0 saturated carbocycles. The summed E-state index contributed by atoms with van der Waals surface area (Å²) in [6.45, 7) is -0.117. The molecular weight excluding hydrogens is 361 g/mol. The van der Waals surface area contributed by atoms with Crippen molar-refractivity contribution in [2.75, 3.05) is 19.4 Å². The molecule has 0 aliphatic heterocycles. The molecule has 2 aromatic carbocycles. The summed E-state index contributed by atoms with van der Waals surface area (Å²) in [7, 11) is 3.22. The van der Waals surface area contributed by atoms with E-state index in [1.165, 1.54) is 17.0 Å². The highest BCUT2D eigenvalue weighted by molar-refractivity contribution is 5.89. The number of esters is 1. The lowest BCUT2D eigenvalue weighted by Crippen LogP contribution is -2.27. The number of carbonyl (C=O) groups is 2. The molecule has 0 aliphatic carbocycles. The number of hydrogen-bond donors (Lipinski definition) is 1. The van der Waals surface area contributed by atoms with Gasteiger partial charge in [0.15, 0.2) is 0 Å². The van der Waals surface area contributed by atoms with E-state index in [9.17, 15) is 22.8 Å². The van der Waals surface area contributed by atoms with E-state index in [1.807, 2.05) is 0 Å². The Bertz CT molecular complexity index is 803. The van der Waals surface area contributed by atoms with Crippen LogP contribution in [-0.2, 0) is 28.7 Å². The lowest BCUT2D eigenvalue weighted by Gasteiger charge is -2.12. The number of carbonyl (C=O) groups excluding carboxylic acids is 2. The summed E-state index contributed by atoms with van der Waals surface area (Å²) in [6.07, 6.45) is -4.42. The van der Waals surface area contributed by atoms with Crippen LogP contribution in [0.15, 0.2) is 48.5 Å². The maximum Gasteiger partial charge on any atom is 0.416 e. The van der Waals surface area contributed by atoms with E-state index >= 15 is 0 Å². The first kappa shape index (κ1) is 20.3. The fraction of sp³-hybridized carbons (Fsp3) is 0.263. The number of hydrogen-bond acceptors (Lipinski definition) is 3. The van der Waals surface area contributed by atoms with Crippen molar-refractivity contribution in [2.24, 2.45) is 0 Å². The monoisotopic (exact) mass is 380 g/mol. The molecule has 144 valence electrons. The second kappa shape index (κ2) is 8.57. The summed E-state index contributed by atoms with van der Waals surface area (Å²) in [5.74, 6) is -0.522. The Balaban J connectivity index is 1.89. The van der Waals surface area contributed by atoms with Crippen molar-refractivity contribution >= 4 is 17.7 Å². The maximum atomic E-state index is 12.5. The van der Waals surface area contributed by atoms with Gasteiger partial charge in [-0.2, -0.15) is 13.2 Å². The molecule has 0 spiro atoms. The van der Waals surface area contributed by atoms with Gasteiger partial charge in [0.25, 0.3) is 0 Å². The molecule has 0 fully saturated rings. The Morgan fingerprint density at radius 3 is 2.30 bits per heavy atom. The molecule has 27 heavy (non-hydrogen) atoms. The topological polar surface area (TPSA) is 58.6 Å². The molecule has 2 rings (SSSR count). The lowest BCUT2D eigenvalue weighted by molar-refractivity contribution is -0.144. The fourth-order valence-corrected chi connectivity index (χ4v) is 2.17. The van der Waals surface area contributed by atoms with Crippen LogP contribution in [0.5, 0.6) is 0 Å². The van der Waals surface area contributed by atoms with Gasteiger partial charge >= 0.3 is 18.2 Å². The molecule has 1 N–H and O–H groups in total. The number of nitrogens with zero attached hydrogens (tertiary/aromatic N) is 1. The van der Waals surface area contributed by atoms with E-state index in [0.717, 1.165) is 12.1 Å². The minimum absolute atomic E-state index is 0.0215. The van der Waals surface area contributed by atoms with Gasteiger partial charge in [0.2, 0.25) is 0 Å². The standard InChI is InChI=1S/C19H19F3N2O3/c1-24(2)18(26)23-16-5-3-4-14(10-16)11-17(25)27-12-13-6-8-15(9-7-13)19(20,21)22/h3-10H,11-12H2,1-2H3,(H,23,26). The van der Waals surface area contributed by atoms with Crippen LogP contribution >= 0.6 is 0 Å². The number of benzene rings is 2. The third-order valence-corrected chi connectivity index (χ3v) is 3.61. The van der Waals surface area contributed by atoms with Crippen LogP contribution in [0.1, 0.15) is 16.7 Å². The number of ether oxygens (including phenoxy) is 1. The number of anilines is 1. The van der Waals surface area contributed by atoms with Gasteiger partial charge in [-0.05, 0) is 35.4 Å². The summed E-state index contributed by atoms with van der Waals surface area (Å²) in [4.78, 5) is 25.0. The first-order chi connectivity index (χ1) is 12.6. The lowest BCUT2D eigenvalue weighted by atomic mass is 10.1. The van der Waals surface area contributed by atoms with E-state index in [0.29, 0.717) is 16.8 Å². The van der Waals surface area contributed by atoms with Crippen LogP contribution in [0.3, 0.4) is 0 Å². The molecule has 0 radical (unpaired) electrons. The summed E-state index contributed by atoms with van der Waals surface area (Å²) >= 11 is 0. The molecule has 0 atom stereocenters. The predicted molar refractivity (Wildman–Crippen MR) is 94.1 cm³/mol. The van der Waals surface area contributed by atoms with E-state index in [4.69, 9.17) is 4.74 Å². The van der Waals surface area contributed by atoms with Crippen molar-refractivity contribution in [2.45, 2.75) is 19.2 Å². The first-order valence-corrected chi connectivity index (χ1v) is 8.04. The molecule has 5 nitrogen and oxygen atoms in total. The molecule has 2 amide bonds. The molecule has 0 bridgehead atoms. The van der Waals surface area contributed by atoms with Gasteiger partial charge in [0, 0.05) is 19.8 Å². The van der Waals surface area contributed by atoms with Crippen LogP contribution < -0.4 is 5.32 Å². The number of amides is 2. The third kappa shape index (κ3) is 6.32. The summed E-state index contributed by atoms with van der Waals surface area (Å²) < 4.78 is 42.7. The van der Waals surface area contributed by atoms with E-state index in [-0.39, 0.29) is 19.1 Å². The number of alkyl halides is 3. The van der Waals surface area contributed by atoms with Gasteiger partial charge in [0.1, 0.15) is 6.61 Å². The molecule has 0 saturated heterocycles. The van der Waals surface area contributed by atoms with Crippen molar-refractivity contribution in [3.8, 4) is 0 Å². The van der Waals surface area contributed by atoms with Crippen LogP contribution in [0.2, 0.25) is 0 Å². The van der Waals surface area contributed by atoms with Crippen LogP contribution in [0, 0.1) is 0 Å². The Kier molecular flexibility index (Phi) is 6.44. The van der Waals surface area contributed by atoms with Gasteiger partial charge in [-0.1, -0.05) is 24.3 Å². The quantitative estimate of drug-likeness (QED) is 0.795. The van der Waals surface area contributed by atoms with Gasteiger partial charge < -0.3 is 15.0 Å². The van der Waals surface area contributed by atoms with Crippen molar-refractivity contribution in [3.05, 3.63) is 65.2 Å². The van der Waals surface area contributed by atoms with Gasteiger partial charge in [-0.25, -0.2) is 4.79 Å². The van der Waals surface area contributed by atoms with E-state index < -0.39 is 17.7 Å². The smallest absolute Gasteiger partial charge is 0.416 e. The zero-order chi connectivity index (χ0) is 20.0. The fourth-order valence-electron chi connectivity index (χ4n) is 2.17. The summed E-state index contributed by atoms with van der Waals surface area (Å²) in [5, 5.41) is 2.67. The number of nitrogens with one attached hydrogen (secondary N) is 1. The van der Waals surface area contributed by atoms with E-state index in [2.05, 4.69) is 5.32 Å². The maximum absolute atomic E-state index is 12.5.